The van der Waals surface area contributed by atoms with E-state index in [1.54, 1.807) is 0 Å². The highest BCUT2D eigenvalue weighted by Crippen LogP contribution is 2.70. The number of carbonyl (C=O) groups excluding carboxylic acids is 1. The quantitative estimate of drug-likeness (QED) is 0.768. The van der Waals surface area contributed by atoms with E-state index in [0.717, 1.165) is 19.3 Å². The van der Waals surface area contributed by atoms with E-state index < -0.39 is 6.09 Å². The van der Waals surface area contributed by atoms with Crippen LogP contribution in [0.1, 0.15) is 53.4 Å². The summed E-state index contributed by atoms with van der Waals surface area (Å²) in [6, 6.07) is 0. The van der Waals surface area contributed by atoms with Crippen LogP contribution in [0.4, 0.5) is 4.79 Å². The monoisotopic (exact) mass is 340 g/mol. The molecule has 1 amide bonds. The van der Waals surface area contributed by atoms with Gasteiger partial charge in [-0.2, -0.15) is 0 Å². The van der Waals surface area contributed by atoms with E-state index in [2.05, 4.69) is 20.8 Å². The predicted octanol–water partition coefficient (Wildman–Crippen LogP) is 2.71. The van der Waals surface area contributed by atoms with Crippen LogP contribution in [0.25, 0.3) is 0 Å². The van der Waals surface area contributed by atoms with Gasteiger partial charge in [-0.3, -0.25) is 4.79 Å². The zero-order valence-electron chi connectivity index (χ0n) is 15.4. The van der Waals surface area contributed by atoms with Crippen molar-refractivity contribution in [1.82, 2.24) is 4.90 Å². The second-order valence-corrected chi connectivity index (χ2v) is 8.66. The number of piperidine rings is 1. The molecule has 0 bridgehead atoms. The maximum Gasteiger partial charge on any atom is 0.407 e. The molecule has 24 heavy (non-hydrogen) atoms. The number of hydrogen-bond acceptors (Lipinski definition) is 4. The van der Waals surface area contributed by atoms with E-state index in [1.807, 2.05) is 6.92 Å². The summed E-state index contributed by atoms with van der Waals surface area (Å²) >= 11 is 0. The molecule has 2 aliphatic rings. The predicted molar refractivity (Wildman–Crippen MR) is 91.6 cm³/mol. The third-order valence-corrected chi connectivity index (χ3v) is 6.03. The summed E-state index contributed by atoms with van der Waals surface area (Å²) in [5.74, 6) is 0.123. The lowest BCUT2D eigenvalue weighted by Crippen LogP contribution is -2.67. The highest BCUT2D eigenvalue weighted by molar-refractivity contribution is 5.71. The molecule has 1 spiro atoms. The molecular formula is C18H32N2O4. The molecule has 138 valence electrons. The summed E-state index contributed by atoms with van der Waals surface area (Å²) in [6.07, 6.45) is 2.12. The van der Waals surface area contributed by atoms with Gasteiger partial charge >= 0.3 is 12.1 Å². The molecule has 0 aromatic carbocycles. The number of esters is 1. The number of nitrogens with two attached hydrogens (primary N) is 1. The van der Waals surface area contributed by atoms with Gasteiger partial charge in [-0.1, -0.05) is 20.8 Å². The van der Waals surface area contributed by atoms with Gasteiger partial charge in [0.2, 0.25) is 0 Å². The zero-order valence-corrected chi connectivity index (χ0v) is 15.4. The minimum Gasteiger partial charge on any atom is -0.466 e. The van der Waals surface area contributed by atoms with Crippen molar-refractivity contribution in [2.45, 2.75) is 53.4 Å². The average Bonchev–Trinajstić information content (AvgIpc) is 2.44. The van der Waals surface area contributed by atoms with Gasteiger partial charge in [0.25, 0.3) is 0 Å². The van der Waals surface area contributed by atoms with Crippen molar-refractivity contribution in [3.05, 3.63) is 0 Å². The van der Waals surface area contributed by atoms with Crippen LogP contribution in [-0.2, 0) is 9.53 Å². The topological polar surface area (TPSA) is 92.9 Å². The summed E-state index contributed by atoms with van der Waals surface area (Å²) in [4.78, 5) is 24.8. The van der Waals surface area contributed by atoms with Crippen molar-refractivity contribution in [2.75, 3.05) is 26.2 Å². The van der Waals surface area contributed by atoms with Crippen molar-refractivity contribution in [3.8, 4) is 0 Å². The first-order chi connectivity index (χ1) is 11.1. The number of rotatable bonds is 4. The maximum absolute atomic E-state index is 12.1. The maximum atomic E-state index is 12.1. The lowest BCUT2D eigenvalue weighted by molar-refractivity contribution is -0.205. The molecule has 0 aromatic heterocycles. The number of carboxylic acid groups (broad SMARTS) is 1. The van der Waals surface area contributed by atoms with Gasteiger partial charge in [-0.15, -0.1) is 0 Å². The number of ether oxygens (including phenoxy) is 1. The Kier molecular flexibility index (Phi) is 5.19. The van der Waals surface area contributed by atoms with Gasteiger partial charge in [-0.25, -0.2) is 4.79 Å². The standard InChI is InChI=1S/C18H32N2O4/c1-5-24-13(21)10-18(12-19)11-17(14(18)16(2,3)4)6-8-20(9-7-17)15(22)23/h14H,5-12,19H2,1-4H3,(H,22,23). The van der Waals surface area contributed by atoms with Gasteiger partial charge in [0.05, 0.1) is 13.0 Å². The van der Waals surface area contributed by atoms with E-state index in [1.165, 1.54) is 4.90 Å². The molecule has 1 saturated carbocycles. The molecule has 1 saturated heterocycles. The summed E-state index contributed by atoms with van der Waals surface area (Å²) in [5.41, 5.74) is 6.03. The van der Waals surface area contributed by atoms with Gasteiger partial charge in [0, 0.05) is 13.1 Å². The summed E-state index contributed by atoms with van der Waals surface area (Å²) < 4.78 is 5.18. The molecule has 2 fully saturated rings. The molecule has 6 nitrogen and oxygen atoms in total. The van der Waals surface area contributed by atoms with Crippen LogP contribution in [0.15, 0.2) is 0 Å². The van der Waals surface area contributed by atoms with Gasteiger partial charge in [0.1, 0.15) is 0 Å². The Bertz CT molecular complexity index is 492. The fourth-order valence-corrected chi connectivity index (χ4v) is 5.80. The first kappa shape index (κ1) is 19.0. The average molecular weight is 340 g/mol. The Hall–Kier alpha value is -1.30. The highest BCUT2D eigenvalue weighted by Gasteiger charge is 2.66. The van der Waals surface area contributed by atoms with Crippen LogP contribution in [0.2, 0.25) is 0 Å². The summed E-state index contributed by atoms with van der Waals surface area (Å²) in [5, 5.41) is 9.20. The molecule has 1 aliphatic carbocycles. The summed E-state index contributed by atoms with van der Waals surface area (Å²) in [7, 11) is 0. The number of amides is 1. The van der Waals surface area contributed by atoms with Crippen LogP contribution in [-0.4, -0.2) is 48.3 Å². The van der Waals surface area contributed by atoms with Crippen molar-refractivity contribution in [1.29, 1.82) is 0 Å². The number of nitrogens with zero attached hydrogens (tertiary/aromatic N) is 1. The Morgan fingerprint density at radius 2 is 1.88 bits per heavy atom. The fourth-order valence-electron chi connectivity index (χ4n) is 5.80. The Labute approximate surface area is 144 Å². The SMILES string of the molecule is CCOC(=O)CC1(CN)CC2(CCN(C(=O)O)CC2)C1C(C)(C)C. The Balaban J connectivity index is 2.21. The molecule has 0 aromatic rings. The van der Waals surface area contributed by atoms with Crippen molar-refractivity contribution >= 4 is 12.1 Å². The van der Waals surface area contributed by atoms with E-state index in [0.29, 0.717) is 38.6 Å². The van der Waals surface area contributed by atoms with Gasteiger partial charge in [0.15, 0.2) is 0 Å². The van der Waals surface area contributed by atoms with Gasteiger partial charge in [-0.05, 0) is 54.9 Å². The molecule has 6 heteroatoms. The van der Waals surface area contributed by atoms with Crippen LogP contribution in [0, 0.1) is 22.2 Å². The molecule has 2 unspecified atom stereocenters. The van der Waals surface area contributed by atoms with Crippen LogP contribution in [0.3, 0.4) is 0 Å². The second-order valence-electron chi connectivity index (χ2n) is 8.66. The lowest BCUT2D eigenvalue weighted by Gasteiger charge is -2.69. The van der Waals surface area contributed by atoms with Crippen LogP contribution < -0.4 is 5.73 Å². The molecule has 1 heterocycles. The van der Waals surface area contributed by atoms with Crippen molar-refractivity contribution < 1.29 is 19.4 Å². The second kappa shape index (κ2) is 6.54. The zero-order chi connectivity index (χ0) is 18.2. The van der Waals surface area contributed by atoms with E-state index in [9.17, 15) is 14.7 Å². The number of carbonyl (C=O) groups is 2. The lowest BCUT2D eigenvalue weighted by atomic mass is 9.36. The normalized spacial score (nSPS) is 29.2. The molecule has 3 N–H and O–H groups in total. The first-order valence-electron chi connectivity index (χ1n) is 8.94. The minimum absolute atomic E-state index is 0.00943. The van der Waals surface area contributed by atoms with Crippen molar-refractivity contribution in [3.63, 3.8) is 0 Å². The highest BCUT2D eigenvalue weighted by atomic mass is 16.5. The molecule has 1 aliphatic heterocycles. The minimum atomic E-state index is -0.840. The van der Waals surface area contributed by atoms with Crippen LogP contribution in [0.5, 0.6) is 0 Å². The van der Waals surface area contributed by atoms with E-state index >= 15 is 0 Å². The first-order valence-corrected chi connectivity index (χ1v) is 8.94. The Morgan fingerprint density at radius 1 is 1.29 bits per heavy atom. The van der Waals surface area contributed by atoms with Crippen molar-refractivity contribution in [2.24, 2.45) is 27.9 Å². The van der Waals surface area contributed by atoms with E-state index in [-0.39, 0.29) is 22.2 Å². The fraction of sp³-hybridized carbons (Fsp3) is 0.889. The third kappa shape index (κ3) is 3.25. The van der Waals surface area contributed by atoms with Crippen LogP contribution >= 0.6 is 0 Å². The smallest absolute Gasteiger partial charge is 0.407 e. The Morgan fingerprint density at radius 3 is 2.29 bits per heavy atom. The van der Waals surface area contributed by atoms with Gasteiger partial charge < -0.3 is 20.5 Å². The molecule has 2 rings (SSSR count). The summed E-state index contributed by atoms with van der Waals surface area (Å²) in [6.45, 7) is 10.4. The van der Waals surface area contributed by atoms with E-state index in [4.69, 9.17) is 10.5 Å². The molecule has 0 radical (unpaired) electrons. The molecular weight excluding hydrogens is 308 g/mol. The largest absolute Gasteiger partial charge is 0.466 e. The number of likely N-dealkylation sites (tertiary alicyclic amines) is 1. The number of hydrogen-bond donors (Lipinski definition) is 2. The third-order valence-electron chi connectivity index (χ3n) is 6.03. The molecule has 2 atom stereocenters.